The normalized spacial score (nSPS) is 11.0. The Morgan fingerprint density at radius 3 is 2.76 bits per heavy atom. The minimum atomic E-state index is 0.316. The number of ether oxygens (including phenoxy) is 1. The Bertz CT molecular complexity index is 817. The van der Waals surface area contributed by atoms with Crippen LogP contribution >= 0.6 is 43.5 Å². The highest BCUT2D eigenvalue weighted by Gasteiger charge is 2.16. The van der Waals surface area contributed by atoms with Gasteiger partial charge in [-0.2, -0.15) is 0 Å². The highest BCUT2D eigenvalue weighted by Crippen LogP contribution is 2.33. The second-order valence-corrected chi connectivity index (χ2v) is 6.46. The van der Waals surface area contributed by atoms with Crippen LogP contribution in [0.25, 0.3) is 16.7 Å². The first-order valence-corrected chi connectivity index (χ1v) is 8.33. The summed E-state index contributed by atoms with van der Waals surface area (Å²) in [5.74, 6) is 1.83. The van der Waals surface area contributed by atoms with E-state index in [4.69, 9.17) is 16.3 Å². The van der Waals surface area contributed by atoms with Gasteiger partial charge in [-0.05, 0) is 46.3 Å². The molecule has 3 aromatic rings. The van der Waals surface area contributed by atoms with E-state index >= 15 is 0 Å². The van der Waals surface area contributed by atoms with Gasteiger partial charge in [0.1, 0.15) is 17.1 Å². The minimum Gasteiger partial charge on any atom is -0.494 e. The number of hydrogen-bond donors (Lipinski definition) is 0. The first kappa shape index (κ1) is 14.9. The number of fused-ring (bicyclic) bond motifs is 1. The Morgan fingerprint density at radius 1 is 1.24 bits per heavy atom. The molecule has 3 nitrogen and oxygen atoms in total. The fourth-order valence-electron chi connectivity index (χ4n) is 2.30. The number of halogens is 3. The summed E-state index contributed by atoms with van der Waals surface area (Å²) in [6.45, 7) is 0. The number of hydrogen-bond acceptors (Lipinski definition) is 2. The maximum Gasteiger partial charge on any atom is 0.146 e. The van der Waals surface area contributed by atoms with Gasteiger partial charge < -0.3 is 4.74 Å². The van der Waals surface area contributed by atoms with Crippen LogP contribution in [0.15, 0.2) is 45.3 Å². The molecule has 0 radical (unpaired) electrons. The quantitative estimate of drug-likeness (QED) is 0.528. The van der Waals surface area contributed by atoms with Gasteiger partial charge in [-0.15, -0.1) is 11.6 Å². The lowest BCUT2D eigenvalue weighted by atomic mass is 10.2. The lowest BCUT2D eigenvalue weighted by Crippen LogP contribution is -2.00. The maximum atomic E-state index is 6.09. The fraction of sp³-hybridized carbons (Fsp3) is 0.133. The Balaban J connectivity index is 2.38. The molecule has 0 saturated carbocycles. The molecule has 0 saturated heterocycles. The molecule has 108 valence electrons. The summed E-state index contributed by atoms with van der Waals surface area (Å²) in [4.78, 5) is 4.62. The van der Waals surface area contributed by atoms with Gasteiger partial charge in [0.25, 0.3) is 0 Å². The van der Waals surface area contributed by atoms with Crippen molar-refractivity contribution in [3.63, 3.8) is 0 Å². The molecule has 0 aliphatic rings. The molecule has 0 fully saturated rings. The van der Waals surface area contributed by atoms with E-state index in [1.165, 1.54) is 0 Å². The third kappa shape index (κ3) is 2.58. The SMILES string of the molecule is COc1cccc2c1nc(CCl)n2-c1cc(Br)ccc1Br. The molecule has 0 bridgehead atoms. The van der Waals surface area contributed by atoms with E-state index < -0.39 is 0 Å². The second kappa shape index (κ2) is 5.99. The van der Waals surface area contributed by atoms with Crippen molar-refractivity contribution in [1.29, 1.82) is 0 Å². The molecular formula is C15H11Br2ClN2O. The van der Waals surface area contributed by atoms with Crippen molar-refractivity contribution in [1.82, 2.24) is 9.55 Å². The van der Waals surface area contributed by atoms with Crippen molar-refractivity contribution in [3.8, 4) is 11.4 Å². The third-order valence-corrected chi connectivity index (χ3v) is 4.61. The maximum absolute atomic E-state index is 6.09. The molecule has 1 heterocycles. The van der Waals surface area contributed by atoms with Crippen LogP contribution in [-0.4, -0.2) is 16.7 Å². The van der Waals surface area contributed by atoms with E-state index in [0.717, 1.165) is 37.2 Å². The zero-order chi connectivity index (χ0) is 15.0. The van der Waals surface area contributed by atoms with Crippen molar-refractivity contribution in [3.05, 3.63) is 51.2 Å². The monoisotopic (exact) mass is 428 g/mol. The van der Waals surface area contributed by atoms with Gasteiger partial charge in [0.05, 0.1) is 24.2 Å². The number of alkyl halides is 1. The molecule has 2 aromatic carbocycles. The molecule has 0 unspecified atom stereocenters. The zero-order valence-electron chi connectivity index (χ0n) is 11.1. The topological polar surface area (TPSA) is 27.1 Å². The Kier molecular flexibility index (Phi) is 4.24. The van der Waals surface area contributed by atoms with Crippen LogP contribution in [0.5, 0.6) is 5.75 Å². The molecule has 0 amide bonds. The third-order valence-electron chi connectivity index (χ3n) is 3.21. The van der Waals surface area contributed by atoms with Crippen LogP contribution < -0.4 is 4.74 Å². The lowest BCUT2D eigenvalue weighted by Gasteiger charge is -2.11. The van der Waals surface area contributed by atoms with Gasteiger partial charge in [0.15, 0.2) is 0 Å². The summed E-state index contributed by atoms with van der Waals surface area (Å²) >= 11 is 13.2. The van der Waals surface area contributed by atoms with Crippen molar-refractivity contribution >= 4 is 54.5 Å². The number of imidazole rings is 1. The smallest absolute Gasteiger partial charge is 0.146 e. The zero-order valence-corrected chi connectivity index (χ0v) is 15.0. The van der Waals surface area contributed by atoms with Gasteiger partial charge >= 0.3 is 0 Å². The molecule has 3 rings (SSSR count). The summed E-state index contributed by atoms with van der Waals surface area (Å²) in [6, 6.07) is 11.9. The van der Waals surface area contributed by atoms with Gasteiger partial charge in [-0.3, -0.25) is 4.57 Å². The van der Waals surface area contributed by atoms with E-state index in [1.54, 1.807) is 7.11 Å². The average molecular weight is 431 g/mol. The van der Waals surface area contributed by atoms with Gasteiger partial charge in [-0.1, -0.05) is 22.0 Å². The largest absolute Gasteiger partial charge is 0.494 e. The summed E-state index contributed by atoms with van der Waals surface area (Å²) < 4.78 is 9.39. The minimum absolute atomic E-state index is 0.316. The van der Waals surface area contributed by atoms with E-state index in [-0.39, 0.29) is 0 Å². The predicted octanol–water partition coefficient (Wildman–Crippen LogP) is 5.30. The molecule has 6 heteroatoms. The van der Waals surface area contributed by atoms with Crippen molar-refractivity contribution in [2.24, 2.45) is 0 Å². The van der Waals surface area contributed by atoms with Crippen LogP contribution in [0.2, 0.25) is 0 Å². The average Bonchev–Trinajstić information content (AvgIpc) is 2.88. The molecule has 0 N–H and O–H groups in total. The molecule has 0 aliphatic heterocycles. The number of aromatic nitrogens is 2. The summed E-state index contributed by atoms with van der Waals surface area (Å²) in [7, 11) is 1.64. The number of nitrogens with zero attached hydrogens (tertiary/aromatic N) is 2. The van der Waals surface area contributed by atoms with E-state index in [1.807, 2.05) is 41.0 Å². The number of para-hydroxylation sites is 1. The standard InChI is InChI=1S/C15H11Br2ClN2O/c1-21-13-4-2-3-11-15(13)19-14(8-18)20(11)12-7-9(16)5-6-10(12)17/h2-7H,8H2,1H3. The van der Waals surface area contributed by atoms with Gasteiger partial charge in [0, 0.05) is 8.95 Å². The van der Waals surface area contributed by atoms with Crippen LogP contribution in [0, 0.1) is 0 Å². The van der Waals surface area contributed by atoms with Crippen LogP contribution in [0.3, 0.4) is 0 Å². The van der Waals surface area contributed by atoms with Crippen molar-refractivity contribution in [2.75, 3.05) is 7.11 Å². The fourth-order valence-corrected chi connectivity index (χ4v) is 3.25. The second-order valence-electron chi connectivity index (χ2n) is 4.42. The number of rotatable bonds is 3. The summed E-state index contributed by atoms with van der Waals surface area (Å²) in [6.07, 6.45) is 0. The predicted molar refractivity (Wildman–Crippen MR) is 92.6 cm³/mol. The lowest BCUT2D eigenvalue weighted by molar-refractivity contribution is 0.419. The highest BCUT2D eigenvalue weighted by molar-refractivity contribution is 9.11. The molecule has 0 aliphatic carbocycles. The van der Waals surface area contributed by atoms with Gasteiger partial charge in [-0.25, -0.2) is 4.98 Å². The van der Waals surface area contributed by atoms with E-state index in [0.29, 0.717) is 5.88 Å². The Labute approximate surface area is 144 Å². The number of methoxy groups -OCH3 is 1. The molecular weight excluding hydrogens is 419 g/mol. The first-order valence-electron chi connectivity index (χ1n) is 6.21. The van der Waals surface area contributed by atoms with Crippen LogP contribution in [0.4, 0.5) is 0 Å². The van der Waals surface area contributed by atoms with E-state index in [9.17, 15) is 0 Å². The Morgan fingerprint density at radius 2 is 2.05 bits per heavy atom. The molecule has 1 aromatic heterocycles. The van der Waals surface area contributed by atoms with Gasteiger partial charge in [0.2, 0.25) is 0 Å². The van der Waals surface area contributed by atoms with Crippen LogP contribution in [0.1, 0.15) is 5.82 Å². The molecule has 21 heavy (non-hydrogen) atoms. The Hall–Kier alpha value is -1.04. The van der Waals surface area contributed by atoms with Crippen molar-refractivity contribution < 1.29 is 4.74 Å². The summed E-state index contributed by atoms with van der Waals surface area (Å²) in [5.41, 5.74) is 2.75. The van der Waals surface area contributed by atoms with E-state index in [2.05, 4.69) is 36.8 Å². The first-order chi connectivity index (χ1) is 10.2. The molecule has 0 atom stereocenters. The summed E-state index contributed by atoms with van der Waals surface area (Å²) in [5, 5.41) is 0. The van der Waals surface area contributed by atoms with Crippen LogP contribution in [-0.2, 0) is 5.88 Å². The molecule has 0 spiro atoms. The highest BCUT2D eigenvalue weighted by atomic mass is 79.9. The van der Waals surface area contributed by atoms with Crippen molar-refractivity contribution in [2.45, 2.75) is 5.88 Å². The number of benzene rings is 2.